The van der Waals surface area contributed by atoms with Crippen LogP contribution >= 0.6 is 0 Å². The van der Waals surface area contributed by atoms with Gasteiger partial charge in [0.25, 0.3) is 0 Å². The molecule has 0 radical (unpaired) electrons. The van der Waals surface area contributed by atoms with Crippen molar-refractivity contribution in [3.63, 3.8) is 0 Å². The van der Waals surface area contributed by atoms with E-state index < -0.39 is 0 Å². The van der Waals surface area contributed by atoms with Gasteiger partial charge < -0.3 is 14.2 Å². The maximum absolute atomic E-state index is 12.3. The van der Waals surface area contributed by atoms with Crippen LogP contribution in [0.15, 0.2) is 35.0 Å². The van der Waals surface area contributed by atoms with Crippen LogP contribution in [0, 0.1) is 11.8 Å². The second kappa shape index (κ2) is 5.34. The number of piperidine rings is 1. The molecule has 134 valence electrons. The SMILES string of the molecule is CC(C)C1=C(B2OC(C)(C)C(C)(C)O2)[C@H]2C=CN3C(=O)CCC(=C1)[C@@H]23. The van der Waals surface area contributed by atoms with Crippen LogP contribution in [0.2, 0.25) is 0 Å². The lowest BCUT2D eigenvalue weighted by Crippen LogP contribution is -2.46. The van der Waals surface area contributed by atoms with Gasteiger partial charge in [0, 0.05) is 18.5 Å². The highest BCUT2D eigenvalue weighted by atomic mass is 16.7. The summed E-state index contributed by atoms with van der Waals surface area (Å²) in [7, 11) is -0.355. The lowest BCUT2D eigenvalue weighted by molar-refractivity contribution is -0.131. The number of hydrogen-bond donors (Lipinski definition) is 0. The number of carbonyl (C=O) groups excluding carboxylic acids is 1. The van der Waals surface area contributed by atoms with Gasteiger partial charge in [-0.05, 0) is 56.7 Å². The maximum Gasteiger partial charge on any atom is 0.491 e. The van der Waals surface area contributed by atoms with Crippen LogP contribution in [0.25, 0.3) is 0 Å². The van der Waals surface area contributed by atoms with Crippen LogP contribution in [0.5, 0.6) is 0 Å². The van der Waals surface area contributed by atoms with Gasteiger partial charge in [-0.3, -0.25) is 4.79 Å². The van der Waals surface area contributed by atoms with Crippen molar-refractivity contribution in [2.24, 2.45) is 11.8 Å². The van der Waals surface area contributed by atoms with Crippen molar-refractivity contribution in [3.8, 4) is 0 Å². The van der Waals surface area contributed by atoms with Gasteiger partial charge in [-0.15, -0.1) is 0 Å². The third-order valence-electron chi connectivity index (χ3n) is 6.55. The number of hydrogen-bond acceptors (Lipinski definition) is 3. The molecule has 4 rings (SSSR count). The third kappa shape index (κ3) is 2.39. The summed E-state index contributed by atoms with van der Waals surface area (Å²) in [6, 6.07) is 0.123. The zero-order valence-corrected chi connectivity index (χ0v) is 16.1. The summed E-state index contributed by atoms with van der Waals surface area (Å²) < 4.78 is 12.8. The van der Waals surface area contributed by atoms with Crippen molar-refractivity contribution in [1.82, 2.24) is 4.90 Å². The van der Waals surface area contributed by atoms with E-state index in [9.17, 15) is 4.79 Å². The minimum absolute atomic E-state index is 0.123. The van der Waals surface area contributed by atoms with Crippen LogP contribution in [0.4, 0.5) is 0 Å². The van der Waals surface area contributed by atoms with Gasteiger partial charge in [0.15, 0.2) is 0 Å². The summed E-state index contributed by atoms with van der Waals surface area (Å²) in [6.07, 6.45) is 7.93. The molecule has 1 amide bonds. The molecule has 1 aliphatic carbocycles. The Bertz CT molecular complexity index is 700. The van der Waals surface area contributed by atoms with Crippen LogP contribution in [-0.4, -0.2) is 35.2 Å². The van der Waals surface area contributed by atoms with Crippen LogP contribution < -0.4 is 0 Å². The Hall–Kier alpha value is -1.33. The largest absolute Gasteiger partial charge is 0.491 e. The second-order valence-electron chi connectivity index (χ2n) is 8.99. The summed E-state index contributed by atoms with van der Waals surface area (Å²) in [5.41, 5.74) is 3.17. The smallest absolute Gasteiger partial charge is 0.400 e. The van der Waals surface area contributed by atoms with Crippen molar-refractivity contribution in [2.45, 2.75) is 71.6 Å². The fourth-order valence-corrected chi connectivity index (χ4v) is 4.40. The maximum atomic E-state index is 12.3. The third-order valence-corrected chi connectivity index (χ3v) is 6.55. The molecular formula is C20H28BNO3. The Balaban J connectivity index is 1.80. The molecule has 3 aliphatic heterocycles. The Morgan fingerprint density at radius 1 is 1.16 bits per heavy atom. The van der Waals surface area contributed by atoms with Gasteiger partial charge in [0.1, 0.15) is 0 Å². The molecule has 4 nitrogen and oxygen atoms in total. The van der Waals surface area contributed by atoms with E-state index in [-0.39, 0.29) is 36.2 Å². The Labute approximate surface area is 151 Å². The van der Waals surface area contributed by atoms with Crippen LogP contribution in [0.1, 0.15) is 54.4 Å². The zero-order chi connectivity index (χ0) is 18.1. The monoisotopic (exact) mass is 341 g/mol. The molecule has 0 bridgehead atoms. The van der Waals surface area contributed by atoms with Gasteiger partial charge in [-0.1, -0.05) is 26.0 Å². The van der Waals surface area contributed by atoms with E-state index in [1.807, 2.05) is 11.1 Å². The molecule has 0 saturated carbocycles. The summed E-state index contributed by atoms with van der Waals surface area (Å²) >= 11 is 0. The van der Waals surface area contributed by atoms with Gasteiger partial charge in [-0.2, -0.15) is 0 Å². The molecule has 2 fully saturated rings. The highest BCUT2D eigenvalue weighted by Crippen LogP contribution is 2.48. The van der Waals surface area contributed by atoms with E-state index in [0.29, 0.717) is 12.3 Å². The van der Waals surface area contributed by atoms with Crippen molar-refractivity contribution < 1.29 is 14.1 Å². The Morgan fingerprint density at radius 2 is 1.80 bits per heavy atom. The minimum atomic E-state index is -0.360. The van der Waals surface area contributed by atoms with E-state index in [1.54, 1.807) is 0 Å². The van der Waals surface area contributed by atoms with Gasteiger partial charge >= 0.3 is 7.12 Å². The average molecular weight is 341 g/mol. The van der Waals surface area contributed by atoms with Crippen LogP contribution in [0.3, 0.4) is 0 Å². The van der Waals surface area contributed by atoms with Crippen molar-refractivity contribution >= 4 is 13.0 Å². The average Bonchev–Trinajstić information content (AvgIpc) is 3.03. The van der Waals surface area contributed by atoms with Gasteiger partial charge in [-0.25, -0.2) is 0 Å². The first-order chi connectivity index (χ1) is 11.6. The normalized spacial score (nSPS) is 32.6. The predicted octanol–water partition coefficient (Wildman–Crippen LogP) is 3.64. The minimum Gasteiger partial charge on any atom is -0.400 e. The Morgan fingerprint density at radius 3 is 2.40 bits per heavy atom. The molecule has 2 atom stereocenters. The second-order valence-corrected chi connectivity index (χ2v) is 8.99. The first-order valence-electron chi connectivity index (χ1n) is 9.42. The number of rotatable bonds is 2. The topological polar surface area (TPSA) is 38.8 Å². The highest BCUT2D eigenvalue weighted by Gasteiger charge is 2.56. The molecule has 0 spiro atoms. The molecule has 0 unspecified atom stereocenters. The van der Waals surface area contributed by atoms with Crippen molar-refractivity contribution in [2.75, 3.05) is 0 Å². The fourth-order valence-electron chi connectivity index (χ4n) is 4.40. The molecule has 5 heteroatoms. The first-order valence-corrected chi connectivity index (χ1v) is 9.42. The van der Waals surface area contributed by atoms with Gasteiger partial charge in [0.05, 0.1) is 17.2 Å². The molecule has 0 aromatic rings. The number of nitrogens with zero attached hydrogens (tertiary/aromatic N) is 1. The lowest BCUT2D eigenvalue weighted by Gasteiger charge is -2.40. The number of allylic oxidation sites excluding steroid dienone is 2. The molecule has 2 saturated heterocycles. The molecule has 4 aliphatic rings. The number of amides is 1. The van der Waals surface area contributed by atoms with Crippen molar-refractivity contribution in [1.29, 1.82) is 0 Å². The highest BCUT2D eigenvalue weighted by molar-refractivity contribution is 6.55. The standard InChI is InChI=1S/C20H28BNO3/c1-12(2)15-11-13-7-8-16(23)22-10-9-14(18(13)22)17(15)21-24-19(3,4)20(5,6)25-21/h9-12,14,18H,7-8H2,1-6H3/t14-,18+/m1/s1. The molecular weight excluding hydrogens is 313 g/mol. The zero-order valence-electron chi connectivity index (χ0n) is 16.1. The lowest BCUT2D eigenvalue weighted by atomic mass is 9.61. The molecule has 25 heavy (non-hydrogen) atoms. The molecule has 3 heterocycles. The van der Waals surface area contributed by atoms with E-state index >= 15 is 0 Å². The summed E-state index contributed by atoms with van der Waals surface area (Å²) in [4.78, 5) is 14.2. The van der Waals surface area contributed by atoms with Crippen molar-refractivity contribution in [3.05, 3.63) is 35.0 Å². The van der Waals surface area contributed by atoms with E-state index in [1.165, 1.54) is 16.6 Å². The van der Waals surface area contributed by atoms with Crippen LogP contribution in [-0.2, 0) is 14.1 Å². The van der Waals surface area contributed by atoms with Gasteiger partial charge in [0.2, 0.25) is 5.91 Å². The fraction of sp³-hybridized carbons (Fsp3) is 0.650. The van der Waals surface area contributed by atoms with E-state index in [2.05, 4.69) is 53.7 Å². The molecule has 0 aromatic heterocycles. The number of carbonyl (C=O) groups is 1. The summed E-state index contributed by atoms with van der Waals surface area (Å²) in [5.74, 6) is 0.779. The summed E-state index contributed by atoms with van der Waals surface area (Å²) in [6.45, 7) is 12.8. The van der Waals surface area contributed by atoms with E-state index in [4.69, 9.17) is 9.31 Å². The van der Waals surface area contributed by atoms with E-state index in [0.717, 1.165) is 6.42 Å². The Kier molecular flexibility index (Phi) is 3.65. The quantitative estimate of drug-likeness (QED) is 0.720. The predicted molar refractivity (Wildman–Crippen MR) is 98.5 cm³/mol. The summed E-state index contributed by atoms with van der Waals surface area (Å²) in [5, 5.41) is 0. The molecule has 0 N–H and O–H groups in total. The first kappa shape index (κ1) is 17.1. The molecule has 0 aromatic carbocycles.